The average Bonchev–Trinajstić information content (AvgIpc) is 3.16. The Morgan fingerprint density at radius 3 is 1.12 bits per heavy atom. The Hall–Kier alpha value is -6.80. The number of para-hydroxylation sites is 4. The molecule has 8 aromatic rings. The molecule has 0 aliphatic heterocycles. The van der Waals surface area contributed by atoms with Crippen LogP contribution in [0.25, 0.3) is 43.6 Å². The van der Waals surface area contributed by atoms with Crippen LogP contribution in [0.1, 0.15) is 20.7 Å². The number of hydrogen-bond donors (Lipinski definition) is 4. The van der Waals surface area contributed by atoms with Gasteiger partial charge in [-0.2, -0.15) is 0 Å². The van der Waals surface area contributed by atoms with Crippen LogP contribution in [0.2, 0.25) is 0 Å². The lowest BCUT2D eigenvalue weighted by atomic mass is 10.1. The third kappa shape index (κ3) is 6.13. The Bertz CT molecular complexity index is 2280. The van der Waals surface area contributed by atoms with Crippen molar-refractivity contribution in [3.05, 3.63) is 157 Å². The van der Waals surface area contributed by atoms with Crippen molar-refractivity contribution in [1.82, 2.24) is 20.6 Å². The first-order valence-corrected chi connectivity index (χ1v) is 16.5. The number of rotatable bonds is 9. The SMILES string of the molecule is O=C(NCCNC(=O)c1cccc(Nc2c3ccccc3nc3ccccc23)c1)c1cccc(Nc2c3ccccc3nc3ccccc23)c1. The van der Waals surface area contributed by atoms with Crippen LogP contribution in [-0.2, 0) is 0 Å². The zero-order chi connectivity index (χ0) is 33.9. The highest BCUT2D eigenvalue weighted by Crippen LogP contribution is 2.34. The second-order valence-corrected chi connectivity index (χ2v) is 12.0. The fraction of sp³-hybridized carbons (Fsp3) is 0.0476. The molecule has 8 heteroatoms. The number of amides is 2. The van der Waals surface area contributed by atoms with E-state index in [0.29, 0.717) is 11.1 Å². The summed E-state index contributed by atoms with van der Waals surface area (Å²) in [5.41, 5.74) is 8.04. The van der Waals surface area contributed by atoms with E-state index < -0.39 is 0 Å². The van der Waals surface area contributed by atoms with Crippen molar-refractivity contribution in [2.75, 3.05) is 23.7 Å². The van der Waals surface area contributed by atoms with Gasteiger partial charge in [-0.3, -0.25) is 9.59 Å². The molecule has 0 aliphatic carbocycles. The van der Waals surface area contributed by atoms with Crippen molar-refractivity contribution in [3.63, 3.8) is 0 Å². The largest absolute Gasteiger partial charge is 0.354 e. The van der Waals surface area contributed by atoms with E-state index in [2.05, 4.69) is 21.3 Å². The Labute approximate surface area is 288 Å². The van der Waals surface area contributed by atoms with Crippen LogP contribution < -0.4 is 21.3 Å². The Balaban J connectivity index is 0.914. The molecule has 0 unspecified atom stereocenters. The second-order valence-electron chi connectivity index (χ2n) is 12.0. The van der Waals surface area contributed by atoms with Gasteiger partial charge in [-0.15, -0.1) is 0 Å². The zero-order valence-corrected chi connectivity index (χ0v) is 27.0. The fourth-order valence-electron chi connectivity index (χ4n) is 6.27. The zero-order valence-electron chi connectivity index (χ0n) is 27.0. The van der Waals surface area contributed by atoms with Gasteiger partial charge in [0.2, 0.25) is 0 Å². The number of nitrogens with one attached hydrogen (secondary N) is 4. The summed E-state index contributed by atoms with van der Waals surface area (Å²) in [6.45, 7) is 0.545. The quantitative estimate of drug-likeness (QED) is 0.0918. The van der Waals surface area contributed by atoms with Crippen molar-refractivity contribution in [2.45, 2.75) is 0 Å². The molecular weight excluding hydrogens is 621 g/mol. The molecule has 8 rings (SSSR count). The molecule has 0 atom stereocenters. The third-order valence-electron chi connectivity index (χ3n) is 8.66. The molecule has 0 saturated carbocycles. The summed E-state index contributed by atoms with van der Waals surface area (Å²) in [6.07, 6.45) is 0. The van der Waals surface area contributed by atoms with E-state index in [1.54, 1.807) is 12.1 Å². The first-order chi connectivity index (χ1) is 24.6. The van der Waals surface area contributed by atoms with Crippen LogP contribution >= 0.6 is 0 Å². The van der Waals surface area contributed by atoms with E-state index in [1.807, 2.05) is 133 Å². The van der Waals surface area contributed by atoms with Gasteiger partial charge in [-0.1, -0.05) is 84.9 Å². The molecule has 50 heavy (non-hydrogen) atoms. The van der Waals surface area contributed by atoms with Crippen molar-refractivity contribution < 1.29 is 9.59 Å². The fourth-order valence-corrected chi connectivity index (χ4v) is 6.27. The predicted octanol–water partition coefficient (Wildman–Crippen LogP) is 8.74. The molecule has 0 radical (unpaired) electrons. The molecule has 0 saturated heterocycles. The minimum absolute atomic E-state index is 0.227. The van der Waals surface area contributed by atoms with Gasteiger partial charge in [-0.05, 0) is 60.7 Å². The van der Waals surface area contributed by atoms with E-state index >= 15 is 0 Å². The number of carbonyl (C=O) groups is 2. The van der Waals surface area contributed by atoms with Gasteiger partial charge in [0.25, 0.3) is 11.8 Å². The average molecular weight is 653 g/mol. The molecular formula is C42H32N6O2. The molecule has 242 valence electrons. The summed E-state index contributed by atoms with van der Waals surface area (Å²) in [5.74, 6) is -0.453. The first kappa shape index (κ1) is 30.5. The van der Waals surface area contributed by atoms with Crippen LogP contribution in [0, 0.1) is 0 Å². The second kappa shape index (κ2) is 13.4. The summed E-state index contributed by atoms with van der Waals surface area (Å²) >= 11 is 0. The highest BCUT2D eigenvalue weighted by molar-refractivity contribution is 6.10. The van der Waals surface area contributed by atoms with Crippen LogP contribution in [0.5, 0.6) is 0 Å². The van der Waals surface area contributed by atoms with Gasteiger partial charge in [0, 0.05) is 57.1 Å². The number of fused-ring (bicyclic) bond motifs is 4. The van der Waals surface area contributed by atoms with Crippen LogP contribution in [0.15, 0.2) is 146 Å². The van der Waals surface area contributed by atoms with Gasteiger partial charge in [0.05, 0.1) is 33.4 Å². The lowest BCUT2D eigenvalue weighted by molar-refractivity contribution is 0.0928. The Kier molecular flexibility index (Phi) is 8.16. The summed E-state index contributed by atoms with van der Waals surface area (Å²) in [7, 11) is 0. The lowest BCUT2D eigenvalue weighted by Gasteiger charge is -2.14. The maximum absolute atomic E-state index is 13.1. The van der Waals surface area contributed by atoms with Crippen molar-refractivity contribution in [2.24, 2.45) is 0 Å². The molecule has 0 aliphatic rings. The predicted molar refractivity (Wildman–Crippen MR) is 203 cm³/mol. The van der Waals surface area contributed by atoms with E-state index in [9.17, 15) is 9.59 Å². The molecule has 8 nitrogen and oxygen atoms in total. The van der Waals surface area contributed by atoms with E-state index in [0.717, 1.165) is 66.4 Å². The van der Waals surface area contributed by atoms with Crippen LogP contribution in [0.4, 0.5) is 22.7 Å². The minimum atomic E-state index is -0.227. The highest BCUT2D eigenvalue weighted by atomic mass is 16.2. The molecule has 0 spiro atoms. The number of pyridine rings is 2. The van der Waals surface area contributed by atoms with Gasteiger partial charge in [0.1, 0.15) is 0 Å². The van der Waals surface area contributed by atoms with Crippen molar-refractivity contribution >= 4 is 78.2 Å². The molecule has 2 heterocycles. The standard InChI is InChI=1S/C42H32N6O2/c49-41(27-11-9-13-29(25-27)45-39-31-15-1-5-19-35(31)47-36-20-6-2-16-32(36)39)43-23-24-44-42(50)28-12-10-14-30(26-28)46-40-33-17-3-7-21-37(33)48-38-22-8-4-18-34(38)40/h1-22,25-26H,23-24H2,(H,43,49)(H,44,50)(H,45,47)(H,46,48). The number of hydrogen-bond acceptors (Lipinski definition) is 6. The molecule has 0 bridgehead atoms. The molecule has 6 aromatic carbocycles. The normalized spacial score (nSPS) is 11.1. The smallest absolute Gasteiger partial charge is 0.251 e. The number of nitrogens with zero attached hydrogens (tertiary/aromatic N) is 2. The first-order valence-electron chi connectivity index (χ1n) is 16.5. The van der Waals surface area contributed by atoms with Crippen LogP contribution in [-0.4, -0.2) is 34.9 Å². The minimum Gasteiger partial charge on any atom is -0.354 e. The topological polar surface area (TPSA) is 108 Å². The summed E-state index contributed by atoms with van der Waals surface area (Å²) in [4.78, 5) is 35.8. The number of anilines is 4. The monoisotopic (exact) mass is 652 g/mol. The molecule has 2 aromatic heterocycles. The van der Waals surface area contributed by atoms with Gasteiger partial charge in [0.15, 0.2) is 0 Å². The van der Waals surface area contributed by atoms with Crippen molar-refractivity contribution in [3.8, 4) is 0 Å². The Morgan fingerprint density at radius 1 is 0.420 bits per heavy atom. The molecule has 4 N–H and O–H groups in total. The van der Waals surface area contributed by atoms with Gasteiger partial charge >= 0.3 is 0 Å². The summed E-state index contributed by atoms with van der Waals surface area (Å²) in [6, 6.07) is 46.8. The summed E-state index contributed by atoms with van der Waals surface area (Å²) in [5, 5.41) is 16.9. The van der Waals surface area contributed by atoms with Gasteiger partial charge in [-0.25, -0.2) is 9.97 Å². The van der Waals surface area contributed by atoms with Crippen LogP contribution in [0.3, 0.4) is 0 Å². The van der Waals surface area contributed by atoms with E-state index in [4.69, 9.17) is 9.97 Å². The lowest BCUT2D eigenvalue weighted by Crippen LogP contribution is -2.34. The number of benzene rings is 6. The summed E-state index contributed by atoms with van der Waals surface area (Å²) < 4.78 is 0. The highest BCUT2D eigenvalue weighted by Gasteiger charge is 2.13. The maximum Gasteiger partial charge on any atom is 0.251 e. The van der Waals surface area contributed by atoms with E-state index in [-0.39, 0.29) is 24.9 Å². The Morgan fingerprint density at radius 2 is 0.760 bits per heavy atom. The number of carbonyl (C=O) groups excluding carboxylic acids is 2. The third-order valence-corrected chi connectivity index (χ3v) is 8.66. The molecule has 2 amide bonds. The number of aromatic nitrogens is 2. The maximum atomic E-state index is 13.1. The van der Waals surface area contributed by atoms with Crippen molar-refractivity contribution in [1.29, 1.82) is 0 Å². The molecule has 0 fully saturated rings. The van der Waals surface area contributed by atoms with Gasteiger partial charge < -0.3 is 21.3 Å². The van der Waals surface area contributed by atoms with E-state index in [1.165, 1.54) is 0 Å².